The largest absolute Gasteiger partial charge is 0.359 e. The van der Waals surface area contributed by atoms with E-state index in [1.807, 2.05) is 24.3 Å². The highest BCUT2D eigenvalue weighted by Gasteiger charge is 2.15. The van der Waals surface area contributed by atoms with Crippen molar-refractivity contribution in [1.82, 2.24) is 16.2 Å². The molecule has 136 valence electrons. The second kappa shape index (κ2) is 10.1. The molecule has 0 unspecified atom stereocenters. The number of carbonyl (C=O) groups excluding carboxylic acids is 2. The molecule has 25 heavy (non-hydrogen) atoms. The van der Waals surface area contributed by atoms with Crippen molar-refractivity contribution in [2.24, 2.45) is 0 Å². The molecular weight excluding hydrogens is 334 g/mol. The Bertz CT molecular complexity index is 595. The molecule has 0 heterocycles. The summed E-state index contributed by atoms with van der Waals surface area (Å²) >= 11 is 5.15. The number of ketones is 1. The van der Waals surface area contributed by atoms with E-state index in [4.69, 9.17) is 12.2 Å². The molecule has 5 nitrogen and oxygen atoms in total. The molecule has 2 rings (SSSR count). The third-order valence-electron chi connectivity index (χ3n) is 4.40. The highest BCUT2D eigenvalue weighted by molar-refractivity contribution is 7.80. The molecule has 1 aromatic carbocycles. The van der Waals surface area contributed by atoms with Crippen molar-refractivity contribution in [3.63, 3.8) is 0 Å². The van der Waals surface area contributed by atoms with Crippen LogP contribution in [0.15, 0.2) is 24.3 Å². The van der Waals surface area contributed by atoms with Crippen molar-refractivity contribution >= 4 is 29.0 Å². The first-order valence-corrected chi connectivity index (χ1v) is 9.46. The Hall–Kier alpha value is -1.95. The zero-order chi connectivity index (χ0) is 18.1. The topological polar surface area (TPSA) is 70.2 Å². The quantitative estimate of drug-likeness (QED) is 0.396. The summed E-state index contributed by atoms with van der Waals surface area (Å²) in [5, 5.41) is 3.61. The number of thiocarbonyl (C=S) groups is 1. The van der Waals surface area contributed by atoms with Crippen LogP contribution in [-0.2, 0) is 11.2 Å². The highest BCUT2D eigenvalue weighted by Crippen LogP contribution is 2.17. The standard InChI is InChI=1S/C19H27N3O2S/c1-2-5-14-8-10-15(11-9-14)17(23)12-13-18(24)21-22-19(25)20-16-6-3-4-7-16/h8-11,16H,2-7,12-13H2,1H3,(H,21,24)(H2,20,22,25). The minimum absolute atomic E-state index is 0.0233. The summed E-state index contributed by atoms with van der Waals surface area (Å²) in [6.45, 7) is 2.13. The molecule has 0 atom stereocenters. The predicted octanol–water partition coefficient (Wildman–Crippen LogP) is 3.04. The lowest BCUT2D eigenvalue weighted by molar-refractivity contribution is -0.121. The van der Waals surface area contributed by atoms with Crippen LogP contribution in [0, 0.1) is 0 Å². The summed E-state index contributed by atoms with van der Waals surface area (Å²) in [4.78, 5) is 24.0. The Morgan fingerprint density at radius 1 is 1.08 bits per heavy atom. The molecule has 0 aliphatic heterocycles. The van der Waals surface area contributed by atoms with Gasteiger partial charge in [0.15, 0.2) is 10.9 Å². The van der Waals surface area contributed by atoms with Crippen molar-refractivity contribution in [1.29, 1.82) is 0 Å². The predicted molar refractivity (Wildman–Crippen MR) is 103 cm³/mol. The fraction of sp³-hybridized carbons (Fsp3) is 0.526. The number of aryl methyl sites for hydroxylation is 1. The Labute approximate surface area is 154 Å². The summed E-state index contributed by atoms with van der Waals surface area (Å²) in [5.41, 5.74) is 7.13. The molecule has 0 spiro atoms. The van der Waals surface area contributed by atoms with Crippen LogP contribution in [0.25, 0.3) is 0 Å². The first-order valence-electron chi connectivity index (χ1n) is 9.06. The third kappa shape index (κ3) is 6.82. The van der Waals surface area contributed by atoms with Gasteiger partial charge in [-0.1, -0.05) is 50.5 Å². The summed E-state index contributed by atoms with van der Waals surface area (Å²) in [6.07, 6.45) is 7.07. The van der Waals surface area contributed by atoms with Gasteiger partial charge in [0.1, 0.15) is 0 Å². The Kier molecular flexibility index (Phi) is 7.85. The van der Waals surface area contributed by atoms with E-state index in [9.17, 15) is 9.59 Å². The molecule has 6 heteroatoms. The van der Waals surface area contributed by atoms with Gasteiger partial charge in [0.25, 0.3) is 0 Å². The lowest BCUT2D eigenvalue weighted by Crippen LogP contribution is -2.49. The SMILES string of the molecule is CCCc1ccc(C(=O)CCC(=O)NNC(=S)NC2CCCC2)cc1. The smallest absolute Gasteiger partial charge is 0.238 e. The number of hydrazine groups is 1. The zero-order valence-electron chi connectivity index (χ0n) is 14.8. The molecule has 0 bridgehead atoms. The Morgan fingerprint density at radius 3 is 2.40 bits per heavy atom. The number of hydrogen-bond acceptors (Lipinski definition) is 3. The number of amides is 1. The summed E-state index contributed by atoms with van der Waals surface area (Å²) < 4.78 is 0. The van der Waals surface area contributed by atoms with Gasteiger partial charge in [-0.2, -0.15) is 0 Å². The number of nitrogens with one attached hydrogen (secondary N) is 3. The van der Waals surface area contributed by atoms with E-state index >= 15 is 0 Å². The molecule has 1 saturated carbocycles. The van der Waals surface area contributed by atoms with E-state index < -0.39 is 0 Å². The van der Waals surface area contributed by atoms with Gasteiger partial charge in [-0.3, -0.25) is 20.4 Å². The average molecular weight is 362 g/mol. The van der Waals surface area contributed by atoms with Gasteiger partial charge in [0, 0.05) is 24.4 Å². The Morgan fingerprint density at radius 2 is 1.76 bits per heavy atom. The minimum atomic E-state index is -0.244. The lowest BCUT2D eigenvalue weighted by Gasteiger charge is -2.16. The maximum Gasteiger partial charge on any atom is 0.238 e. The van der Waals surface area contributed by atoms with Crippen LogP contribution in [0.3, 0.4) is 0 Å². The van der Waals surface area contributed by atoms with Gasteiger partial charge < -0.3 is 5.32 Å². The van der Waals surface area contributed by atoms with Gasteiger partial charge in [-0.05, 0) is 37.0 Å². The van der Waals surface area contributed by atoms with Gasteiger partial charge in [-0.25, -0.2) is 0 Å². The van der Waals surface area contributed by atoms with Gasteiger partial charge in [-0.15, -0.1) is 0 Å². The fourth-order valence-electron chi connectivity index (χ4n) is 3.00. The van der Waals surface area contributed by atoms with Crippen LogP contribution in [0.1, 0.15) is 67.8 Å². The van der Waals surface area contributed by atoms with Crippen molar-refractivity contribution in [3.05, 3.63) is 35.4 Å². The third-order valence-corrected chi connectivity index (χ3v) is 4.62. The molecule has 1 aliphatic rings. The maximum atomic E-state index is 12.1. The van der Waals surface area contributed by atoms with Gasteiger partial charge in [0.05, 0.1) is 0 Å². The molecule has 1 fully saturated rings. The number of benzene rings is 1. The van der Waals surface area contributed by atoms with E-state index in [2.05, 4.69) is 23.1 Å². The summed E-state index contributed by atoms with van der Waals surface area (Å²) in [7, 11) is 0. The normalized spacial score (nSPS) is 14.1. The van der Waals surface area contributed by atoms with E-state index in [-0.39, 0.29) is 24.5 Å². The second-order valence-electron chi connectivity index (χ2n) is 6.50. The number of hydrogen-bond donors (Lipinski definition) is 3. The molecule has 1 aliphatic carbocycles. The van der Waals surface area contributed by atoms with Gasteiger partial charge >= 0.3 is 0 Å². The molecule has 3 N–H and O–H groups in total. The molecule has 0 saturated heterocycles. The molecule has 0 radical (unpaired) electrons. The summed E-state index contributed by atoms with van der Waals surface area (Å²) in [6, 6.07) is 8.03. The van der Waals surface area contributed by atoms with Crippen molar-refractivity contribution < 1.29 is 9.59 Å². The average Bonchev–Trinajstić information content (AvgIpc) is 3.11. The summed E-state index contributed by atoms with van der Waals surface area (Å²) in [5.74, 6) is -0.267. The van der Waals surface area contributed by atoms with Crippen molar-refractivity contribution in [2.75, 3.05) is 0 Å². The molecule has 1 amide bonds. The number of rotatable bonds is 7. The molecule has 1 aromatic rings. The molecular formula is C19H27N3O2S. The first kappa shape index (κ1) is 19.4. The van der Waals surface area contributed by atoms with Crippen LogP contribution < -0.4 is 16.2 Å². The van der Waals surface area contributed by atoms with Crippen LogP contribution in [-0.4, -0.2) is 22.8 Å². The van der Waals surface area contributed by atoms with Crippen LogP contribution in [0.2, 0.25) is 0 Å². The fourth-order valence-corrected chi connectivity index (χ4v) is 3.22. The van der Waals surface area contributed by atoms with Gasteiger partial charge in [0.2, 0.25) is 5.91 Å². The van der Waals surface area contributed by atoms with E-state index in [0.29, 0.717) is 16.7 Å². The monoisotopic (exact) mass is 361 g/mol. The minimum Gasteiger partial charge on any atom is -0.359 e. The second-order valence-corrected chi connectivity index (χ2v) is 6.91. The maximum absolute atomic E-state index is 12.1. The highest BCUT2D eigenvalue weighted by atomic mass is 32.1. The Balaban J connectivity index is 1.66. The number of Topliss-reactive ketones (excluding diaryl/α,β-unsaturated/α-hetero) is 1. The van der Waals surface area contributed by atoms with E-state index in [0.717, 1.165) is 25.7 Å². The molecule has 0 aromatic heterocycles. The van der Waals surface area contributed by atoms with Crippen LogP contribution >= 0.6 is 12.2 Å². The van der Waals surface area contributed by atoms with E-state index in [1.54, 1.807) is 0 Å². The van der Waals surface area contributed by atoms with Crippen molar-refractivity contribution in [3.8, 4) is 0 Å². The number of carbonyl (C=O) groups is 2. The van der Waals surface area contributed by atoms with Crippen LogP contribution in [0.5, 0.6) is 0 Å². The first-order chi connectivity index (χ1) is 12.1. The van der Waals surface area contributed by atoms with Crippen LogP contribution in [0.4, 0.5) is 0 Å². The van der Waals surface area contributed by atoms with E-state index in [1.165, 1.54) is 18.4 Å². The zero-order valence-corrected chi connectivity index (χ0v) is 15.6. The lowest BCUT2D eigenvalue weighted by atomic mass is 10.0. The van der Waals surface area contributed by atoms with Crippen molar-refractivity contribution in [2.45, 2.75) is 64.3 Å².